The normalized spacial score (nSPS) is 11.9. The van der Waals surface area contributed by atoms with Crippen LogP contribution in [0.25, 0.3) is 5.57 Å². The Labute approximate surface area is 109 Å². The lowest BCUT2D eigenvalue weighted by molar-refractivity contribution is 0.411. The minimum absolute atomic E-state index is 0.885. The topological polar surface area (TPSA) is 9.23 Å². The van der Waals surface area contributed by atoms with Crippen LogP contribution < -0.4 is 4.74 Å². The SMILES string of the molecule is CCC(Oc1ccccc1)=C(C)c1ccccc1. The van der Waals surface area contributed by atoms with Crippen LogP contribution in [0.5, 0.6) is 5.75 Å². The Kier molecular flexibility index (Phi) is 4.19. The summed E-state index contributed by atoms with van der Waals surface area (Å²) in [5.41, 5.74) is 2.41. The van der Waals surface area contributed by atoms with Gasteiger partial charge in [-0.15, -0.1) is 0 Å². The zero-order valence-electron chi connectivity index (χ0n) is 10.9. The summed E-state index contributed by atoms with van der Waals surface area (Å²) >= 11 is 0. The summed E-state index contributed by atoms with van der Waals surface area (Å²) in [6.45, 7) is 4.22. The standard InChI is InChI=1S/C17H18O/c1-3-17(18-16-12-8-5-9-13-16)14(2)15-10-6-4-7-11-15/h4-13H,3H2,1-2H3. The average Bonchev–Trinajstić information content (AvgIpc) is 2.46. The third-order valence-corrected chi connectivity index (χ3v) is 2.93. The molecule has 0 saturated carbocycles. The Balaban J connectivity index is 2.28. The van der Waals surface area contributed by atoms with Crippen molar-refractivity contribution in [2.45, 2.75) is 20.3 Å². The van der Waals surface area contributed by atoms with Crippen LogP contribution in [0.1, 0.15) is 25.8 Å². The molecule has 0 saturated heterocycles. The molecule has 0 aliphatic rings. The molecule has 0 fully saturated rings. The lowest BCUT2D eigenvalue weighted by Gasteiger charge is -2.12. The van der Waals surface area contributed by atoms with Gasteiger partial charge >= 0.3 is 0 Å². The summed E-state index contributed by atoms with van der Waals surface area (Å²) in [4.78, 5) is 0. The van der Waals surface area contributed by atoms with Crippen molar-refractivity contribution in [3.8, 4) is 5.75 Å². The van der Waals surface area contributed by atoms with Crippen molar-refractivity contribution < 1.29 is 4.74 Å². The van der Waals surface area contributed by atoms with E-state index in [4.69, 9.17) is 4.74 Å². The fourth-order valence-corrected chi connectivity index (χ4v) is 1.89. The maximum absolute atomic E-state index is 5.96. The van der Waals surface area contributed by atoms with Crippen LogP contribution >= 0.6 is 0 Å². The molecule has 0 bridgehead atoms. The summed E-state index contributed by atoms with van der Waals surface area (Å²) in [6.07, 6.45) is 0.885. The Morgan fingerprint density at radius 1 is 0.889 bits per heavy atom. The highest BCUT2D eigenvalue weighted by Gasteiger charge is 2.05. The third-order valence-electron chi connectivity index (χ3n) is 2.93. The lowest BCUT2D eigenvalue weighted by Crippen LogP contribution is -1.97. The van der Waals surface area contributed by atoms with Gasteiger partial charge in [0, 0.05) is 6.42 Å². The van der Waals surface area contributed by atoms with E-state index in [0.29, 0.717) is 0 Å². The highest BCUT2D eigenvalue weighted by Crippen LogP contribution is 2.23. The van der Waals surface area contributed by atoms with Crippen LogP contribution in [0.3, 0.4) is 0 Å². The monoisotopic (exact) mass is 238 g/mol. The van der Waals surface area contributed by atoms with Crippen molar-refractivity contribution in [1.82, 2.24) is 0 Å². The molecule has 0 heterocycles. The van der Waals surface area contributed by atoms with Gasteiger partial charge in [-0.3, -0.25) is 0 Å². The van der Waals surface area contributed by atoms with Crippen molar-refractivity contribution in [3.05, 3.63) is 72.0 Å². The van der Waals surface area contributed by atoms with Crippen molar-refractivity contribution >= 4 is 5.57 Å². The van der Waals surface area contributed by atoms with Gasteiger partial charge in [-0.05, 0) is 30.2 Å². The Bertz CT molecular complexity index is 512. The Hall–Kier alpha value is -2.02. The summed E-state index contributed by atoms with van der Waals surface area (Å²) in [5.74, 6) is 1.91. The van der Waals surface area contributed by atoms with E-state index in [2.05, 4.69) is 38.1 Å². The van der Waals surface area contributed by atoms with Crippen LogP contribution in [-0.4, -0.2) is 0 Å². The molecule has 0 unspecified atom stereocenters. The minimum Gasteiger partial charge on any atom is -0.461 e. The van der Waals surface area contributed by atoms with E-state index in [-0.39, 0.29) is 0 Å². The second kappa shape index (κ2) is 6.06. The number of hydrogen-bond donors (Lipinski definition) is 0. The van der Waals surface area contributed by atoms with Crippen LogP contribution in [0, 0.1) is 0 Å². The first kappa shape index (κ1) is 12.4. The van der Waals surface area contributed by atoms with Gasteiger partial charge < -0.3 is 4.74 Å². The van der Waals surface area contributed by atoms with E-state index in [9.17, 15) is 0 Å². The van der Waals surface area contributed by atoms with Crippen LogP contribution in [0.15, 0.2) is 66.4 Å². The number of hydrogen-bond acceptors (Lipinski definition) is 1. The first-order chi connectivity index (χ1) is 8.81. The zero-order valence-corrected chi connectivity index (χ0v) is 10.9. The van der Waals surface area contributed by atoms with Gasteiger partial charge in [-0.25, -0.2) is 0 Å². The highest BCUT2D eigenvalue weighted by atomic mass is 16.5. The largest absolute Gasteiger partial charge is 0.461 e. The molecule has 0 aliphatic carbocycles. The maximum atomic E-state index is 5.96. The molecule has 0 aromatic heterocycles. The molecule has 1 nitrogen and oxygen atoms in total. The van der Waals surface area contributed by atoms with E-state index in [1.165, 1.54) is 11.1 Å². The first-order valence-corrected chi connectivity index (χ1v) is 6.29. The minimum atomic E-state index is 0.885. The van der Waals surface area contributed by atoms with Gasteiger partial charge in [-0.1, -0.05) is 55.5 Å². The van der Waals surface area contributed by atoms with E-state index in [1.807, 2.05) is 36.4 Å². The maximum Gasteiger partial charge on any atom is 0.126 e. The van der Waals surface area contributed by atoms with Crippen LogP contribution in [0.4, 0.5) is 0 Å². The number of para-hydroxylation sites is 1. The molecule has 0 radical (unpaired) electrons. The summed E-state index contributed by atoms with van der Waals surface area (Å²) in [6, 6.07) is 20.3. The molecule has 0 aliphatic heterocycles. The predicted octanol–water partition coefficient (Wildman–Crippen LogP) is 4.91. The van der Waals surface area contributed by atoms with E-state index in [1.54, 1.807) is 0 Å². The second-order valence-corrected chi connectivity index (χ2v) is 4.18. The quantitative estimate of drug-likeness (QED) is 0.688. The van der Waals surface area contributed by atoms with Gasteiger partial charge in [0.05, 0.1) is 0 Å². The van der Waals surface area contributed by atoms with Crippen LogP contribution in [0.2, 0.25) is 0 Å². The molecule has 2 aromatic carbocycles. The predicted molar refractivity (Wildman–Crippen MR) is 76.4 cm³/mol. The summed E-state index contributed by atoms with van der Waals surface area (Å²) in [5, 5.41) is 0. The number of ether oxygens (including phenoxy) is 1. The third kappa shape index (κ3) is 3.01. The number of benzene rings is 2. The molecule has 0 N–H and O–H groups in total. The number of rotatable bonds is 4. The molecule has 0 spiro atoms. The van der Waals surface area contributed by atoms with E-state index >= 15 is 0 Å². The van der Waals surface area contributed by atoms with E-state index in [0.717, 1.165) is 17.9 Å². The van der Waals surface area contributed by atoms with Gasteiger partial charge in [0.25, 0.3) is 0 Å². The average molecular weight is 238 g/mol. The van der Waals surface area contributed by atoms with Gasteiger partial charge in [0.1, 0.15) is 11.5 Å². The smallest absolute Gasteiger partial charge is 0.126 e. The highest BCUT2D eigenvalue weighted by molar-refractivity contribution is 5.65. The van der Waals surface area contributed by atoms with Crippen molar-refractivity contribution in [2.24, 2.45) is 0 Å². The Morgan fingerprint density at radius 2 is 1.44 bits per heavy atom. The zero-order chi connectivity index (χ0) is 12.8. The molecule has 18 heavy (non-hydrogen) atoms. The molecular weight excluding hydrogens is 220 g/mol. The van der Waals surface area contributed by atoms with Gasteiger partial charge in [0.15, 0.2) is 0 Å². The summed E-state index contributed by atoms with van der Waals surface area (Å²) < 4.78 is 5.96. The molecule has 0 amide bonds. The molecule has 1 heteroatoms. The molecule has 92 valence electrons. The van der Waals surface area contributed by atoms with E-state index < -0.39 is 0 Å². The Morgan fingerprint density at radius 3 is 2.00 bits per heavy atom. The molecule has 0 atom stereocenters. The van der Waals surface area contributed by atoms with Gasteiger partial charge in [0.2, 0.25) is 0 Å². The molecular formula is C17H18O. The summed E-state index contributed by atoms with van der Waals surface area (Å²) in [7, 11) is 0. The first-order valence-electron chi connectivity index (χ1n) is 6.29. The fourth-order valence-electron chi connectivity index (χ4n) is 1.89. The molecule has 2 aromatic rings. The number of allylic oxidation sites excluding steroid dienone is 2. The second-order valence-electron chi connectivity index (χ2n) is 4.18. The lowest BCUT2D eigenvalue weighted by atomic mass is 10.1. The van der Waals surface area contributed by atoms with Crippen molar-refractivity contribution in [1.29, 1.82) is 0 Å². The van der Waals surface area contributed by atoms with Gasteiger partial charge in [-0.2, -0.15) is 0 Å². The van der Waals surface area contributed by atoms with Crippen LogP contribution in [-0.2, 0) is 0 Å². The van der Waals surface area contributed by atoms with Crippen molar-refractivity contribution in [2.75, 3.05) is 0 Å². The van der Waals surface area contributed by atoms with Crippen molar-refractivity contribution in [3.63, 3.8) is 0 Å². The molecule has 2 rings (SSSR count). The fraction of sp³-hybridized carbons (Fsp3) is 0.176.